The largest absolute Gasteiger partial charge is 0.480 e. The van der Waals surface area contributed by atoms with Crippen LogP contribution >= 0.6 is 11.6 Å². The van der Waals surface area contributed by atoms with Crippen molar-refractivity contribution in [2.45, 2.75) is 25.8 Å². The van der Waals surface area contributed by atoms with Gasteiger partial charge in [-0.25, -0.2) is 4.79 Å². The molecule has 1 aromatic rings. The Labute approximate surface area is 126 Å². The summed E-state index contributed by atoms with van der Waals surface area (Å²) >= 11 is 5.92. The Kier molecular flexibility index (Phi) is 6.10. The zero-order chi connectivity index (χ0) is 16.0. The first-order chi connectivity index (χ1) is 9.85. The first-order valence-electron chi connectivity index (χ1n) is 6.07. The Bertz CT molecular complexity index is 561. The van der Waals surface area contributed by atoms with Crippen molar-refractivity contribution in [2.75, 3.05) is 7.11 Å². The Hall–Kier alpha value is -2.15. The molecule has 21 heavy (non-hydrogen) atoms. The number of rotatable bonds is 6. The number of ether oxygens (including phenoxy) is 1. The van der Waals surface area contributed by atoms with Crippen molar-refractivity contribution in [3.63, 3.8) is 0 Å². The lowest BCUT2D eigenvalue weighted by Gasteiger charge is -2.14. The van der Waals surface area contributed by atoms with Crippen LogP contribution in [-0.4, -0.2) is 41.1 Å². The number of nitrogens with zero attached hydrogens (tertiary/aromatic N) is 1. The summed E-state index contributed by atoms with van der Waals surface area (Å²) in [5.74, 6) is -2.46. The van der Waals surface area contributed by atoms with E-state index < -0.39 is 23.9 Å². The van der Waals surface area contributed by atoms with Gasteiger partial charge in [-0.15, -0.1) is 0 Å². The second kappa shape index (κ2) is 7.58. The van der Waals surface area contributed by atoms with E-state index in [-0.39, 0.29) is 23.4 Å². The molecular weight excluding hydrogens is 300 g/mol. The van der Waals surface area contributed by atoms with Gasteiger partial charge in [0.1, 0.15) is 6.04 Å². The summed E-state index contributed by atoms with van der Waals surface area (Å²) in [6, 6.07) is 0.287. The lowest BCUT2D eigenvalue weighted by atomic mass is 10.1. The van der Waals surface area contributed by atoms with Crippen LogP contribution in [0.5, 0.6) is 0 Å². The molecule has 114 valence electrons. The van der Waals surface area contributed by atoms with E-state index in [2.05, 4.69) is 15.0 Å². The molecule has 1 amide bonds. The minimum absolute atomic E-state index is 0.0755. The summed E-state index contributed by atoms with van der Waals surface area (Å²) in [6.07, 6.45) is 1.07. The number of amides is 1. The normalized spacial score (nSPS) is 11.6. The molecule has 0 saturated carbocycles. The van der Waals surface area contributed by atoms with Crippen molar-refractivity contribution in [3.8, 4) is 0 Å². The van der Waals surface area contributed by atoms with Crippen molar-refractivity contribution in [1.82, 2.24) is 10.3 Å². The van der Waals surface area contributed by atoms with Crippen LogP contribution in [0.2, 0.25) is 5.02 Å². The minimum atomic E-state index is -1.25. The van der Waals surface area contributed by atoms with Gasteiger partial charge in [-0.05, 0) is 19.4 Å². The molecule has 0 aromatic carbocycles. The maximum absolute atomic E-state index is 12.0. The molecule has 0 spiro atoms. The van der Waals surface area contributed by atoms with E-state index in [0.717, 1.165) is 0 Å². The number of carbonyl (C=O) groups excluding carboxylic acids is 2. The maximum Gasteiger partial charge on any atom is 0.326 e. The molecular formula is C13H15ClN2O5. The number of carbonyl (C=O) groups is 3. The maximum atomic E-state index is 12.0. The number of hydrogen-bond donors (Lipinski definition) is 2. The lowest BCUT2D eigenvalue weighted by Crippen LogP contribution is -2.41. The number of halogens is 1. The zero-order valence-electron chi connectivity index (χ0n) is 11.6. The van der Waals surface area contributed by atoms with E-state index in [0.29, 0.717) is 5.69 Å². The number of esters is 1. The second-order valence-corrected chi connectivity index (χ2v) is 4.69. The lowest BCUT2D eigenvalue weighted by molar-refractivity contribution is -0.142. The number of carboxylic acids is 1. The predicted octanol–water partition coefficient (Wildman–Crippen LogP) is 1.18. The van der Waals surface area contributed by atoms with Gasteiger partial charge < -0.3 is 15.2 Å². The summed E-state index contributed by atoms with van der Waals surface area (Å²) in [6.45, 7) is 1.71. The Morgan fingerprint density at radius 2 is 2.14 bits per heavy atom. The van der Waals surface area contributed by atoms with Crippen LogP contribution in [0.4, 0.5) is 0 Å². The molecule has 1 rings (SSSR count). The molecule has 2 N–H and O–H groups in total. The van der Waals surface area contributed by atoms with Crippen molar-refractivity contribution < 1.29 is 24.2 Å². The van der Waals surface area contributed by atoms with Gasteiger partial charge in [-0.3, -0.25) is 14.6 Å². The van der Waals surface area contributed by atoms with E-state index in [1.165, 1.54) is 19.4 Å². The van der Waals surface area contributed by atoms with Crippen LogP contribution in [0.3, 0.4) is 0 Å². The first-order valence-corrected chi connectivity index (χ1v) is 6.45. The monoisotopic (exact) mass is 314 g/mol. The molecule has 1 atom stereocenters. The third-order valence-electron chi connectivity index (χ3n) is 2.70. The smallest absolute Gasteiger partial charge is 0.326 e. The fourth-order valence-electron chi connectivity index (χ4n) is 1.55. The highest BCUT2D eigenvalue weighted by molar-refractivity contribution is 6.33. The molecule has 0 saturated heterocycles. The van der Waals surface area contributed by atoms with Gasteiger partial charge in [0.05, 0.1) is 17.7 Å². The van der Waals surface area contributed by atoms with Gasteiger partial charge in [-0.1, -0.05) is 11.6 Å². The second-order valence-electron chi connectivity index (χ2n) is 4.28. The molecule has 8 heteroatoms. The van der Waals surface area contributed by atoms with E-state index in [1.54, 1.807) is 6.92 Å². The number of methoxy groups -OCH3 is 1. The molecule has 0 aliphatic heterocycles. The van der Waals surface area contributed by atoms with Gasteiger partial charge in [0.2, 0.25) is 0 Å². The fraction of sp³-hybridized carbons (Fsp3) is 0.385. The third kappa shape index (κ3) is 5.03. The molecule has 7 nitrogen and oxygen atoms in total. The van der Waals surface area contributed by atoms with E-state index in [1.807, 2.05) is 0 Å². The van der Waals surface area contributed by atoms with E-state index in [9.17, 15) is 14.4 Å². The number of pyridine rings is 1. The van der Waals surface area contributed by atoms with Gasteiger partial charge in [0, 0.05) is 18.3 Å². The highest BCUT2D eigenvalue weighted by atomic mass is 35.5. The van der Waals surface area contributed by atoms with Crippen molar-refractivity contribution in [1.29, 1.82) is 0 Å². The van der Waals surface area contributed by atoms with Gasteiger partial charge in [0.15, 0.2) is 0 Å². The number of aryl methyl sites for hydroxylation is 1. The van der Waals surface area contributed by atoms with Crippen LogP contribution in [0.25, 0.3) is 0 Å². The number of nitrogens with one attached hydrogen (secondary N) is 1. The van der Waals surface area contributed by atoms with E-state index >= 15 is 0 Å². The molecule has 0 bridgehead atoms. The summed E-state index contributed by atoms with van der Waals surface area (Å²) in [5, 5.41) is 11.5. The first kappa shape index (κ1) is 16.9. The zero-order valence-corrected chi connectivity index (χ0v) is 12.3. The molecule has 0 radical (unpaired) electrons. The summed E-state index contributed by atoms with van der Waals surface area (Å²) in [4.78, 5) is 38.0. The Morgan fingerprint density at radius 1 is 1.48 bits per heavy atom. The average Bonchev–Trinajstić information content (AvgIpc) is 2.42. The molecule has 0 aliphatic rings. The van der Waals surface area contributed by atoms with E-state index in [4.69, 9.17) is 16.7 Å². The fourth-order valence-corrected chi connectivity index (χ4v) is 1.84. The summed E-state index contributed by atoms with van der Waals surface area (Å²) < 4.78 is 4.43. The Morgan fingerprint density at radius 3 is 2.67 bits per heavy atom. The molecule has 1 aromatic heterocycles. The van der Waals surface area contributed by atoms with Crippen molar-refractivity contribution >= 4 is 29.4 Å². The minimum Gasteiger partial charge on any atom is -0.480 e. The van der Waals surface area contributed by atoms with Crippen molar-refractivity contribution in [3.05, 3.63) is 28.5 Å². The molecule has 1 heterocycles. The van der Waals surface area contributed by atoms with Crippen LogP contribution in [0.1, 0.15) is 28.9 Å². The van der Waals surface area contributed by atoms with Crippen molar-refractivity contribution in [2.24, 2.45) is 0 Å². The topological polar surface area (TPSA) is 106 Å². The van der Waals surface area contributed by atoms with Gasteiger partial charge in [-0.2, -0.15) is 0 Å². The molecule has 0 fully saturated rings. The van der Waals surface area contributed by atoms with Crippen LogP contribution < -0.4 is 5.32 Å². The highest BCUT2D eigenvalue weighted by Crippen LogP contribution is 2.16. The Balaban J connectivity index is 2.76. The van der Waals surface area contributed by atoms with Crippen LogP contribution in [0.15, 0.2) is 12.3 Å². The predicted molar refractivity (Wildman–Crippen MR) is 74.1 cm³/mol. The quantitative estimate of drug-likeness (QED) is 0.764. The van der Waals surface area contributed by atoms with Gasteiger partial charge >= 0.3 is 11.9 Å². The molecule has 1 unspecified atom stereocenters. The third-order valence-corrected chi connectivity index (χ3v) is 3.02. The summed E-state index contributed by atoms with van der Waals surface area (Å²) in [5.41, 5.74) is 0.712. The highest BCUT2D eigenvalue weighted by Gasteiger charge is 2.23. The van der Waals surface area contributed by atoms with Gasteiger partial charge in [0.25, 0.3) is 5.91 Å². The number of aliphatic carboxylic acids is 1. The van der Waals surface area contributed by atoms with Crippen LogP contribution in [0, 0.1) is 6.92 Å². The summed E-state index contributed by atoms with van der Waals surface area (Å²) in [7, 11) is 1.20. The number of aromatic nitrogens is 1. The number of hydrogen-bond acceptors (Lipinski definition) is 5. The van der Waals surface area contributed by atoms with Crippen LogP contribution in [-0.2, 0) is 14.3 Å². The number of carboxylic acid groups (broad SMARTS) is 1. The molecule has 0 aliphatic carbocycles. The SMILES string of the molecule is COC(=O)CCC(NC(=O)c1cnc(C)cc1Cl)C(=O)O. The standard InChI is InChI=1S/C13H15ClN2O5/c1-7-5-9(14)8(6-15-7)12(18)16-10(13(19)20)3-4-11(17)21-2/h5-6,10H,3-4H2,1-2H3,(H,16,18)(H,19,20). The average molecular weight is 315 g/mol.